The molecule has 1 aliphatic rings. The number of hydrogen-bond acceptors (Lipinski definition) is 4. The first kappa shape index (κ1) is 33.7. The minimum atomic E-state index is -8.74. The molecule has 0 aromatic heterocycles. The molecule has 2 unspecified atom stereocenters. The molecule has 1 aliphatic heterocycles. The number of hydrogen-bond donors (Lipinski definition) is 0. The zero-order chi connectivity index (χ0) is 31.3. The Kier molecular flexibility index (Phi) is 7.21. The Morgan fingerprint density at radius 1 is 0.421 bits per heavy atom. The van der Waals surface area contributed by atoms with Gasteiger partial charge in [0.05, 0.1) is 0 Å². The molecule has 0 saturated carbocycles. The molecule has 26 heteroatoms. The maximum atomic E-state index is 14.0. The van der Waals surface area contributed by atoms with Crippen molar-refractivity contribution in [3.8, 4) is 0 Å². The lowest BCUT2D eigenvalue weighted by molar-refractivity contribution is -0.576. The standard InChI is InChI=1S/C12F22N2O2/c13-1(37)3(15,5(17,18)19)7(23,24)35-9(27,28)11(31,32)36(12(33,34)10(35,29)30)8(25,26)4(16,2(14)38)6(20,21)22. The first-order valence-corrected chi connectivity index (χ1v) is 7.91. The number of carbonyl (C=O) groups is 2. The molecule has 0 N–H and O–H groups in total. The van der Waals surface area contributed by atoms with Gasteiger partial charge in [0.25, 0.3) is 0 Å². The third-order valence-electron chi connectivity index (χ3n) is 4.56. The number of carbonyl (C=O) groups excluding carboxylic acids is 2. The Morgan fingerprint density at radius 3 is 0.684 bits per heavy atom. The fourth-order valence-electron chi connectivity index (χ4n) is 2.70. The third-order valence-corrected chi connectivity index (χ3v) is 4.56. The van der Waals surface area contributed by atoms with E-state index in [1.807, 2.05) is 0 Å². The van der Waals surface area contributed by atoms with Crippen molar-refractivity contribution in [2.75, 3.05) is 0 Å². The molecule has 0 radical (unpaired) electrons. The molecular weight excluding hydrogens is 622 g/mol. The Bertz CT molecular complexity index is 878. The number of halogens is 22. The predicted molar refractivity (Wildman–Crippen MR) is 65.4 cm³/mol. The molecule has 0 amide bonds. The van der Waals surface area contributed by atoms with Crippen LogP contribution in [0, 0.1) is 0 Å². The molecule has 0 bridgehead atoms. The highest BCUT2D eigenvalue weighted by molar-refractivity contribution is 5.81. The van der Waals surface area contributed by atoms with E-state index in [-0.39, 0.29) is 0 Å². The van der Waals surface area contributed by atoms with E-state index < -0.39 is 81.8 Å². The summed E-state index contributed by atoms with van der Waals surface area (Å²) in [5.74, 6) is 0. The van der Waals surface area contributed by atoms with Gasteiger partial charge < -0.3 is 0 Å². The average molecular weight is 622 g/mol. The molecule has 224 valence electrons. The van der Waals surface area contributed by atoms with Crippen LogP contribution in [0.1, 0.15) is 0 Å². The summed E-state index contributed by atoms with van der Waals surface area (Å²) < 4.78 is 295. The summed E-state index contributed by atoms with van der Waals surface area (Å²) in [5.41, 5.74) is -16.5. The number of alkyl halides is 20. The van der Waals surface area contributed by atoms with Gasteiger partial charge in [-0.3, -0.25) is 9.59 Å². The van der Waals surface area contributed by atoms with Gasteiger partial charge in [0.2, 0.25) is 0 Å². The van der Waals surface area contributed by atoms with E-state index in [0.717, 1.165) is 0 Å². The van der Waals surface area contributed by atoms with E-state index in [4.69, 9.17) is 0 Å². The van der Waals surface area contributed by atoms with Crippen LogP contribution in [0.25, 0.3) is 0 Å². The lowest BCUT2D eigenvalue weighted by Gasteiger charge is -2.57. The van der Waals surface area contributed by atoms with E-state index in [1.165, 1.54) is 0 Å². The molecule has 2 atom stereocenters. The smallest absolute Gasteiger partial charge is 0.257 e. The Labute approximate surface area is 189 Å². The fraction of sp³-hybridized carbons (Fsp3) is 0.833. The van der Waals surface area contributed by atoms with Crippen molar-refractivity contribution in [2.45, 2.75) is 60.0 Å². The van der Waals surface area contributed by atoms with Gasteiger partial charge in [-0.1, -0.05) is 0 Å². The summed E-state index contributed by atoms with van der Waals surface area (Å²) in [6, 6.07) is -63.2. The van der Waals surface area contributed by atoms with Gasteiger partial charge in [0, 0.05) is 0 Å². The lowest BCUT2D eigenvalue weighted by Crippen LogP contribution is -2.89. The van der Waals surface area contributed by atoms with Crippen LogP contribution in [0.3, 0.4) is 0 Å². The fourth-order valence-corrected chi connectivity index (χ4v) is 2.70. The monoisotopic (exact) mass is 622 g/mol. The Hall–Kier alpha value is -2.28. The Balaban J connectivity index is 4.28. The number of piperazine rings is 1. The van der Waals surface area contributed by atoms with E-state index in [0.29, 0.717) is 0 Å². The molecule has 4 nitrogen and oxygen atoms in total. The molecule has 1 heterocycles. The van der Waals surface area contributed by atoms with Crippen molar-refractivity contribution in [2.24, 2.45) is 0 Å². The molecule has 0 aromatic rings. The summed E-state index contributed by atoms with van der Waals surface area (Å²) >= 11 is 0. The van der Waals surface area contributed by atoms with Gasteiger partial charge in [-0.25, -0.2) is 8.78 Å². The summed E-state index contributed by atoms with van der Waals surface area (Å²) in [5, 5.41) is 0. The lowest BCUT2D eigenvalue weighted by atomic mass is 9.96. The third kappa shape index (κ3) is 3.63. The highest BCUT2D eigenvalue weighted by Gasteiger charge is 2.98. The topological polar surface area (TPSA) is 40.6 Å². The van der Waals surface area contributed by atoms with Gasteiger partial charge in [-0.2, -0.15) is 87.8 Å². The van der Waals surface area contributed by atoms with Crippen LogP contribution in [0.4, 0.5) is 96.6 Å². The summed E-state index contributed by atoms with van der Waals surface area (Å²) in [4.78, 5) is 10.4. The maximum Gasteiger partial charge on any atom is 0.440 e. The largest absolute Gasteiger partial charge is 0.440 e. The van der Waals surface area contributed by atoms with E-state index >= 15 is 0 Å². The van der Waals surface area contributed by atoms with Gasteiger partial charge in [0.15, 0.2) is 0 Å². The molecular formula is C12F22N2O2. The highest BCUT2D eigenvalue weighted by Crippen LogP contribution is 2.67. The average Bonchev–Trinajstić information content (AvgIpc) is 2.61. The second kappa shape index (κ2) is 8.12. The molecule has 1 saturated heterocycles. The van der Waals surface area contributed by atoms with Crippen LogP contribution >= 0.6 is 0 Å². The van der Waals surface area contributed by atoms with Crippen molar-refractivity contribution in [1.29, 1.82) is 0 Å². The van der Waals surface area contributed by atoms with E-state index in [2.05, 4.69) is 0 Å². The predicted octanol–water partition coefficient (Wildman–Crippen LogP) is 5.69. The summed E-state index contributed by atoms with van der Waals surface area (Å²) in [6.07, 6.45) is -16.2. The molecule has 38 heavy (non-hydrogen) atoms. The van der Waals surface area contributed by atoms with Crippen LogP contribution in [-0.4, -0.2) is 81.8 Å². The second-order valence-corrected chi connectivity index (χ2v) is 6.78. The van der Waals surface area contributed by atoms with Crippen LogP contribution in [0.5, 0.6) is 0 Å². The van der Waals surface area contributed by atoms with Gasteiger partial charge in [-0.05, 0) is 0 Å². The minimum Gasteiger partial charge on any atom is -0.257 e. The van der Waals surface area contributed by atoms with Crippen LogP contribution in [0.2, 0.25) is 0 Å². The summed E-state index contributed by atoms with van der Waals surface area (Å²) in [7, 11) is 0. The molecule has 1 fully saturated rings. The van der Waals surface area contributed by atoms with Crippen molar-refractivity contribution in [3.63, 3.8) is 0 Å². The molecule has 1 rings (SSSR count). The zero-order valence-electron chi connectivity index (χ0n) is 16.0. The van der Waals surface area contributed by atoms with Crippen molar-refractivity contribution in [1.82, 2.24) is 9.80 Å². The van der Waals surface area contributed by atoms with E-state index in [1.54, 1.807) is 0 Å². The van der Waals surface area contributed by atoms with Crippen LogP contribution in [0.15, 0.2) is 0 Å². The normalized spacial score (nSPS) is 25.8. The first-order chi connectivity index (χ1) is 16.1. The van der Waals surface area contributed by atoms with Crippen LogP contribution < -0.4 is 0 Å². The maximum absolute atomic E-state index is 14.0. The first-order valence-electron chi connectivity index (χ1n) is 7.91. The molecule has 0 spiro atoms. The number of rotatable bonds is 6. The molecule has 0 aromatic carbocycles. The molecule has 0 aliphatic carbocycles. The minimum absolute atomic E-state index is 4.99. The van der Waals surface area contributed by atoms with Gasteiger partial charge >= 0.3 is 72.0 Å². The van der Waals surface area contributed by atoms with Crippen molar-refractivity contribution >= 4 is 12.1 Å². The summed E-state index contributed by atoms with van der Waals surface area (Å²) in [6.45, 7) is 0. The van der Waals surface area contributed by atoms with Gasteiger partial charge in [0.1, 0.15) is 0 Å². The number of nitrogens with zero attached hydrogens (tertiary/aromatic N) is 2. The second-order valence-electron chi connectivity index (χ2n) is 6.78. The Morgan fingerprint density at radius 2 is 0.579 bits per heavy atom. The van der Waals surface area contributed by atoms with Crippen LogP contribution in [-0.2, 0) is 9.59 Å². The zero-order valence-corrected chi connectivity index (χ0v) is 16.0. The SMILES string of the molecule is O=C(F)C(F)(C(F)(F)F)C(F)(F)N1C(F)(F)C(F)(F)N(C(F)(F)C(F)(C(=O)F)C(F)(F)F)C(F)(F)C1(F)F. The quantitative estimate of drug-likeness (QED) is 0.217. The van der Waals surface area contributed by atoms with Crippen molar-refractivity contribution < 1.29 is 106 Å². The highest BCUT2D eigenvalue weighted by atomic mass is 19.4. The van der Waals surface area contributed by atoms with Gasteiger partial charge in [-0.15, -0.1) is 9.80 Å². The van der Waals surface area contributed by atoms with Crippen molar-refractivity contribution in [3.05, 3.63) is 0 Å². The van der Waals surface area contributed by atoms with E-state index in [9.17, 15) is 106 Å².